The minimum absolute atomic E-state index is 0.0203. The molecule has 0 radical (unpaired) electrons. The molecular formula is C27H23ClF3N9O2. The normalized spacial score (nSPS) is 12.3. The summed E-state index contributed by atoms with van der Waals surface area (Å²) in [6.07, 6.45) is 0.963. The number of fused-ring (bicyclic) bond motifs is 1. The van der Waals surface area contributed by atoms with Crippen molar-refractivity contribution in [2.75, 3.05) is 17.7 Å². The molecule has 15 heteroatoms. The van der Waals surface area contributed by atoms with Crippen molar-refractivity contribution in [1.29, 1.82) is 0 Å². The third-order valence-electron chi connectivity index (χ3n) is 6.38. The highest BCUT2D eigenvalue weighted by Crippen LogP contribution is 2.33. The molecule has 11 nitrogen and oxygen atoms in total. The van der Waals surface area contributed by atoms with E-state index in [1.807, 2.05) is 13.8 Å². The van der Waals surface area contributed by atoms with Crippen molar-refractivity contribution >= 4 is 40.0 Å². The number of nitrogens with zero attached hydrogens (tertiary/aromatic N) is 7. The van der Waals surface area contributed by atoms with Crippen LogP contribution < -0.4 is 16.5 Å². The molecule has 4 heterocycles. The SMILES string of the molecule is CC(C)n1cc(-c2ccc(Cl)cn2)c(=O)c(C(=O)Nc2ccc(-c3nn(C(CF)C(F)F)c4ncnc(N)c34)cc2)n1. The summed E-state index contributed by atoms with van der Waals surface area (Å²) in [5, 5.41) is 11.6. The van der Waals surface area contributed by atoms with E-state index in [0.29, 0.717) is 22.0 Å². The van der Waals surface area contributed by atoms with Gasteiger partial charge in [0.05, 0.1) is 21.7 Å². The lowest BCUT2D eigenvalue weighted by atomic mass is 10.1. The van der Waals surface area contributed by atoms with Crippen LogP contribution in [0.15, 0.2) is 59.9 Å². The first-order valence-electron chi connectivity index (χ1n) is 12.6. The fourth-order valence-corrected chi connectivity index (χ4v) is 4.32. The number of nitrogen functional groups attached to an aromatic ring is 1. The second kappa shape index (κ2) is 11.6. The smallest absolute Gasteiger partial charge is 0.280 e. The highest BCUT2D eigenvalue weighted by Gasteiger charge is 2.28. The van der Waals surface area contributed by atoms with Crippen LogP contribution in [0.3, 0.4) is 0 Å². The van der Waals surface area contributed by atoms with Crippen molar-refractivity contribution in [1.82, 2.24) is 34.5 Å². The summed E-state index contributed by atoms with van der Waals surface area (Å²) in [4.78, 5) is 38.6. The Kier molecular flexibility index (Phi) is 7.89. The zero-order chi connectivity index (χ0) is 30.1. The Morgan fingerprint density at radius 3 is 2.43 bits per heavy atom. The van der Waals surface area contributed by atoms with E-state index in [-0.39, 0.29) is 39.8 Å². The van der Waals surface area contributed by atoms with Crippen LogP contribution in [0.1, 0.15) is 36.4 Å². The van der Waals surface area contributed by atoms with Crippen molar-refractivity contribution in [2.45, 2.75) is 32.4 Å². The fourth-order valence-electron chi connectivity index (χ4n) is 4.21. The fraction of sp³-hybridized carbons (Fsp3) is 0.222. The molecule has 1 atom stereocenters. The number of amides is 1. The molecule has 216 valence electrons. The van der Waals surface area contributed by atoms with Crippen molar-refractivity contribution < 1.29 is 18.0 Å². The van der Waals surface area contributed by atoms with E-state index >= 15 is 0 Å². The van der Waals surface area contributed by atoms with Gasteiger partial charge in [-0.25, -0.2) is 27.8 Å². The van der Waals surface area contributed by atoms with Gasteiger partial charge in [-0.05, 0) is 38.1 Å². The number of carbonyl (C=O) groups is 1. The number of hydrogen-bond acceptors (Lipinski definition) is 8. The number of nitrogens with one attached hydrogen (secondary N) is 1. The Balaban J connectivity index is 1.48. The average molecular weight is 598 g/mol. The number of anilines is 2. The van der Waals surface area contributed by atoms with E-state index < -0.39 is 30.5 Å². The number of hydrogen-bond donors (Lipinski definition) is 2. The second-order valence-corrected chi connectivity index (χ2v) is 9.93. The van der Waals surface area contributed by atoms with E-state index in [1.54, 1.807) is 24.3 Å². The molecule has 0 aliphatic carbocycles. The maximum atomic E-state index is 13.5. The average Bonchev–Trinajstić information content (AvgIpc) is 3.34. The van der Waals surface area contributed by atoms with Gasteiger partial charge in [-0.3, -0.25) is 19.3 Å². The van der Waals surface area contributed by atoms with E-state index in [0.717, 1.165) is 11.0 Å². The Hall–Kier alpha value is -4.85. The van der Waals surface area contributed by atoms with E-state index in [9.17, 15) is 22.8 Å². The molecule has 0 saturated heterocycles. The van der Waals surface area contributed by atoms with Gasteiger partial charge in [0.2, 0.25) is 5.43 Å². The molecule has 0 saturated carbocycles. The molecule has 0 bridgehead atoms. The molecule has 1 unspecified atom stereocenters. The molecule has 4 aromatic heterocycles. The number of carbonyl (C=O) groups excluding carboxylic acids is 1. The molecule has 0 spiro atoms. The van der Waals surface area contributed by atoms with Gasteiger partial charge in [0.1, 0.15) is 30.6 Å². The topological polar surface area (TPSA) is 146 Å². The zero-order valence-electron chi connectivity index (χ0n) is 22.2. The van der Waals surface area contributed by atoms with E-state index in [4.69, 9.17) is 17.3 Å². The summed E-state index contributed by atoms with van der Waals surface area (Å²) in [5.41, 5.74) is 6.38. The predicted octanol–water partition coefficient (Wildman–Crippen LogP) is 4.96. The Morgan fingerprint density at radius 1 is 1.07 bits per heavy atom. The van der Waals surface area contributed by atoms with Crippen LogP contribution in [-0.2, 0) is 0 Å². The molecule has 1 aromatic carbocycles. The van der Waals surface area contributed by atoms with Crippen LogP contribution in [0.5, 0.6) is 0 Å². The highest BCUT2D eigenvalue weighted by atomic mass is 35.5. The third-order valence-corrected chi connectivity index (χ3v) is 6.61. The van der Waals surface area contributed by atoms with Gasteiger partial charge in [-0.15, -0.1) is 0 Å². The van der Waals surface area contributed by atoms with Gasteiger partial charge < -0.3 is 11.1 Å². The van der Waals surface area contributed by atoms with Crippen LogP contribution >= 0.6 is 11.6 Å². The van der Waals surface area contributed by atoms with Crippen LogP contribution in [0.2, 0.25) is 5.02 Å². The summed E-state index contributed by atoms with van der Waals surface area (Å²) < 4.78 is 42.8. The van der Waals surface area contributed by atoms with Gasteiger partial charge in [0.15, 0.2) is 11.3 Å². The molecule has 5 rings (SSSR count). The van der Waals surface area contributed by atoms with Gasteiger partial charge in [0.25, 0.3) is 12.3 Å². The third kappa shape index (κ3) is 5.40. The molecule has 5 aromatic rings. The molecule has 42 heavy (non-hydrogen) atoms. The maximum absolute atomic E-state index is 13.5. The summed E-state index contributed by atoms with van der Waals surface area (Å²) in [7, 11) is 0. The Labute approximate surface area is 241 Å². The number of rotatable bonds is 8. The minimum Gasteiger partial charge on any atom is -0.383 e. The molecule has 0 aliphatic rings. The number of benzene rings is 1. The monoisotopic (exact) mass is 597 g/mol. The van der Waals surface area contributed by atoms with Gasteiger partial charge in [-0.1, -0.05) is 23.7 Å². The molecule has 1 amide bonds. The first-order chi connectivity index (χ1) is 20.1. The number of alkyl halides is 3. The molecular weight excluding hydrogens is 575 g/mol. The van der Waals surface area contributed by atoms with Crippen molar-refractivity contribution in [3.8, 4) is 22.5 Å². The molecule has 3 N–H and O–H groups in total. The summed E-state index contributed by atoms with van der Waals surface area (Å²) in [6, 6.07) is 7.26. The van der Waals surface area contributed by atoms with Crippen LogP contribution in [0.4, 0.5) is 24.7 Å². The summed E-state index contributed by atoms with van der Waals surface area (Å²) in [6.45, 7) is 2.32. The van der Waals surface area contributed by atoms with Crippen molar-refractivity contribution in [3.63, 3.8) is 0 Å². The number of nitrogens with two attached hydrogens (primary N) is 1. The van der Waals surface area contributed by atoms with Crippen LogP contribution in [-0.4, -0.2) is 53.5 Å². The number of halogens is 4. The minimum atomic E-state index is -3.04. The Morgan fingerprint density at radius 2 is 1.81 bits per heavy atom. The Bertz CT molecular complexity index is 1820. The van der Waals surface area contributed by atoms with E-state index in [2.05, 4.69) is 30.5 Å². The van der Waals surface area contributed by atoms with Crippen LogP contribution in [0, 0.1) is 0 Å². The lowest BCUT2D eigenvalue weighted by Gasteiger charge is -2.14. The standard InChI is InChI=1S/C27H23ClF3N9O2/c1-13(2)39-11-17(18-8-5-15(28)10-33-18)23(41)22(37-39)27(42)36-16-6-3-14(4-7-16)21-20-25(32)34-12-35-26(20)40(38-21)19(9-29)24(30)31/h3-8,10-13,19,24H,9H2,1-2H3,(H,36,42)(H2,32,34,35). The highest BCUT2D eigenvalue weighted by molar-refractivity contribution is 6.30. The molecule has 0 fully saturated rings. The van der Waals surface area contributed by atoms with Gasteiger partial charge >= 0.3 is 0 Å². The second-order valence-electron chi connectivity index (χ2n) is 9.49. The lowest BCUT2D eigenvalue weighted by molar-refractivity contribution is 0.0644. The quantitative estimate of drug-likeness (QED) is 0.255. The van der Waals surface area contributed by atoms with E-state index in [1.165, 1.54) is 29.2 Å². The maximum Gasteiger partial charge on any atom is 0.280 e. The number of aromatic nitrogens is 7. The molecule has 0 aliphatic heterocycles. The lowest BCUT2D eigenvalue weighted by Crippen LogP contribution is -2.28. The largest absolute Gasteiger partial charge is 0.383 e. The van der Waals surface area contributed by atoms with Crippen LogP contribution in [0.25, 0.3) is 33.5 Å². The number of pyridine rings is 1. The summed E-state index contributed by atoms with van der Waals surface area (Å²) >= 11 is 5.93. The first kappa shape index (κ1) is 28.7. The van der Waals surface area contributed by atoms with Crippen molar-refractivity contribution in [3.05, 3.63) is 76.1 Å². The van der Waals surface area contributed by atoms with Crippen molar-refractivity contribution in [2.24, 2.45) is 0 Å². The summed E-state index contributed by atoms with van der Waals surface area (Å²) in [5.74, 6) is -0.777. The van der Waals surface area contributed by atoms with Gasteiger partial charge in [-0.2, -0.15) is 10.2 Å². The first-order valence-corrected chi connectivity index (χ1v) is 13.0. The zero-order valence-corrected chi connectivity index (χ0v) is 22.9. The van der Waals surface area contributed by atoms with Gasteiger partial charge in [0, 0.05) is 29.7 Å². The predicted molar refractivity (Wildman–Crippen MR) is 151 cm³/mol.